The second-order valence-corrected chi connectivity index (χ2v) is 15.9. The van der Waals surface area contributed by atoms with E-state index in [0.29, 0.717) is 86.7 Å². The van der Waals surface area contributed by atoms with Crippen LogP contribution in [0, 0.1) is 35.5 Å². The van der Waals surface area contributed by atoms with Gasteiger partial charge >= 0.3 is 18.1 Å². The third-order valence-electron chi connectivity index (χ3n) is 12.1. The zero-order chi connectivity index (χ0) is 33.0. The summed E-state index contributed by atoms with van der Waals surface area (Å²) in [5.41, 5.74) is 0. The fourth-order valence-electron chi connectivity index (χ4n) is 8.73. The Morgan fingerprint density at radius 2 is 0.917 bits per heavy atom. The lowest BCUT2D eigenvalue weighted by molar-refractivity contribution is -0.153. The van der Waals surface area contributed by atoms with Crippen molar-refractivity contribution in [3.05, 3.63) is 0 Å². The van der Waals surface area contributed by atoms with Crippen LogP contribution in [0.25, 0.3) is 0 Å². The normalized spacial score (nSPS) is 42.2. The molecule has 4 saturated carbocycles. The van der Waals surface area contributed by atoms with Crippen molar-refractivity contribution in [1.29, 1.82) is 0 Å². The summed E-state index contributed by atoms with van der Waals surface area (Å²) in [5.74, 6) is 1.76. The van der Waals surface area contributed by atoms with Gasteiger partial charge in [-0.25, -0.2) is 4.79 Å². The molecule has 8 aliphatic rings. The molecule has 4 aliphatic heterocycles. The Kier molecular flexibility index (Phi) is 11.5. The summed E-state index contributed by atoms with van der Waals surface area (Å²) in [6.07, 6.45) is 17.0. The third-order valence-corrected chi connectivity index (χ3v) is 12.1. The topological polar surface area (TPSA) is 135 Å². The molecule has 4 heterocycles. The number of epoxide rings is 3. The van der Waals surface area contributed by atoms with E-state index in [0.717, 1.165) is 103 Å². The molecule has 11 heteroatoms. The van der Waals surface area contributed by atoms with Crippen LogP contribution >= 0.6 is 0 Å². The van der Waals surface area contributed by atoms with E-state index in [1.165, 1.54) is 0 Å². The van der Waals surface area contributed by atoms with E-state index >= 15 is 0 Å². The molecule has 0 N–H and O–H groups in total. The van der Waals surface area contributed by atoms with Crippen LogP contribution in [0.2, 0.25) is 0 Å². The molecule has 0 radical (unpaired) electrons. The fourth-order valence-corrected chi connectivity index (χ4v) is 8.73. The average molecular weight is 677 g/mol. The Labute approximate surface area is 284 Å². The van der Waals surface area contributed by atoms with Gasteiger partial charge in [-0.3, -0.25) is 9.59 Å². The van der Waals surface area contributed by atoms with Crippen molar-refractivity contribution in [3.63, 3.8) is 0 Å². The highest BCUT2D eigenvalue weighted by molar-refractivity contribution is 5.73. The first-order valence-corrected chi connectivity index (χ1v) is 19.1. The smallest absolute Gasteiger partial charge is 0.465 e. The molecule has 0 amide bonds. The Morgan fingerprint density at radius 1 is 0.479 bits per heavy atom. The second-order valence-electron chi connectivity index (χ2n) is 15.9. The van der Waals surface area contributed by atoms with Gasteiger partial charge in [0.05, 0.1) is 81.0 Å². The first kappa shape index (κ1) is 34.5. The molecule has 0 aromatic rings. The highest BCUT2D eigenvalue weighted by Gasteiger charge is 2.47. The van der Waals surface area contributed by atoms with E-state index in [-0.39, 0.29) is 29.9 Å². The Morgan fingerprint density at radius 3 is 1.40 bits per heavy atom. The van der Waals surface area contributed by atoms with E-state index in [2.05, 4.69) is 6.92 Å². The molecule has 8 fully saturated rings. The summed E-state index contributed by atoms with van der Waals surface area (Å²) in [6.45, 7) is 4.82. The fraction of sp³-hybridized carbons (Fsp3) is 0.919. The summed E-state index contributed by atoms with van der Waals surface area (Å²) in [7, 11) is 0. The lowest BCUT2D eigenvalue weighted by atomic mass is 9.82. The average Bonchev–Trinajstić information content (AvgIpc) is 4.00. The van der Waals surface area contributed by atoms with Crippen LogP contribution in [0.5, 0.6) is 0 Å². The van der Waals surface area contributed by atoms with Crippen LogP contribution in [-0.4, -0.2) is 93.9 Å². The number of hydrogen-bond donors (Lipinski definition) is 0. The highest BCUT2D eigenvalue weighted by atomic mass is 16.7. The van der Waals surface area contributed by atoms with Crippen molar-refractivity contribution in [2.75, 3.05) is 33.0 Å². The van der Waals surface area contributed by atoms with Crippen molar-refractivity contribution in [1.82, 2.24) is 0 Å². The number of fused-ring (bicyclic) bond motifs is 3. The maximum atomic E-state index is 12.3. The first-order chi connectivity index (χ1) is 23.4. The molecule has 8 rings (SSSR count). The lowest BCUT2D eigenvalue weighted by Gasteiger charge is -2.29. The van der Waals surface area contributed by atoms with Gasteiger partial charge in [-0.15, -0.1) is 0 Å². The van der Waals surface area contributed by atoms with Crippen molar-refractivity contribution in [2.24, 2.45) is 35.5 Å². The predicted octanol–water partition coefficient (Wildman–Crippen LogP) is 5.54. The Balaban J connectivity index is 0.000000161. The van der Waals surface area contributed by atoms with Gasteiger partial charge in [-0.1, -0.05) is 0 Å². The van der Waals surface area contributed by atoms with E-state index in [4.69, 9.17) is 37.9 Å². The molecule has 4 saturated heterocycles. The zero-order valence-electron chi connectivity index (χ0n) is 28.6. The summed E-state index contributed by atoms with van der Waals surface area (Å²) >= 11 is 0. The maximum absolute atomic E-state index is 12.3. The largest absolute Gasteiger partial charge is 0.508 e. The van der Waals surface area contributed by atoms with Crippen LogP contribution in [0.3, 0.4) is 0 Å². The van der Waals surface area contributed by atoms with Gasteiger partial charge in [0.25, 0.3) is 0 Å². The minimum Gasteiger partial charge on any atom is -0.465 e. The van der Waals surface area contributed by atoms with E-state index in [1.54, 1.807) is 0 Å². The van der Waals surface area contributed by atoms with Gasteiger partial charge in [0.15, 0.2) is 0 Å². The number of carbonyl (C=O) groups is 3. The molecule has 0 bridgehead atoms. The third kappa shape index (κ3) is 9.85. The molecule has 11 atom stereocenters. The summed E-state index contributed by atoms with van der Waals surface area (Å²) in [5, 5.41) is 0. The zero-order valence-corrected chi connectivity index (χ0v) is 28.6. The van der Waals surface area contributed by atoms with Gasteiger partial charge in [-0.2, -0.15) is 0 Å². The van der Waals surface area contributed by atoms with Crippen LogP contribution < -0.4 is 0 Å². The molecule has 0 aromatic carbocycles. The molecule has 270 valence electrons. The minimum absolute atomic E-state index is 0.0284. The lowest BCUT2D eigenvalue weighted by Crippen LogP contribution is -2.29. The van der Waals surface area contributed by atoms with Crippen LogP contribution in [0.4, 0.5) is 4.79 Å². The Bertz CT molecular complexity index is 1040. The number of hydrogen-bond acceptors (Lipinski definition) is 11. The quantitative estimate of drug-likeness (QED) is 0.164. The van der Waals surface area contributed by atoms with Gasteiger partial charge in [0.1, 0.15) is 0 Å². The van der Waals surface area contributed by atoms with Crippen LogP contribution in [0.15, 0.2) is 0 Å². The maximum Gasteiger partial charge on any atom is 0.508 e. The number of carbonyl (C=O) groups excluding carboxylic acids is 3. The molecular weight excluding hydrogens is 620 g/mol. The monoisotopic (exact) mass is 676 g/mol. The predicted molar refractivity (Wildman–Crippen MR) is 171 cm³/mol. The highest BCUT2D eigenvalue weighted by Crippen LogP contribution is 2.42. The van der Waals surface area contributed by atoms with Crippen LogP contribution in [-0.2, 0) is 47.5 Å². The van der Waals surface area contributed by atoms with Gasteiger partial charge in [-0.05, 0) is 127 Å². The molecule has 0 spiro atoms. The summed E-state index contributed by atoms with van der Waals surface area (Å²) in [6, 6.07) is 0. The van der Waals surface area contributed by atoms with Gasteiger partial charge < -0.3 is 37.9 Å². The van der Waals surface area contributed by atoms with E-state index in [1.807, 2.05) is 0 Å². The van der Waals surface area contributed by atoms with Crippen molar-refractivity contribution < 1.29 is 52.3 Å². The number of ether oxygens (including phenoxy) is 8. The SMILES string of the molecule is CC1CC(COC(=O)OCC2CCC3OC3C2)CCO1.O=C(OCC1CCC(COC(=O)C2CCC3OC3C2)CC1)C1CCC2OC2C1. The molecular formula is C37H56O11. The van der Waals surface area contributed by atoms with Crippen LogP contribution in [0.1, 0.15) is 103 Å². The first-order valence-electron chi connectivity index (χ1n) is 19.1. The molecule has 4 aliphatic carbocycles. The van der Waals surface area contributed by atoms with Gasteiger partial charge in [0.2, 0.25) is 0 Å². The molecule has 0 aromatic heterocycles. The second kappa shape index (κ2) is 15.9. The molecule has 11 nitrogen and oxygen atoms in total. The molecule has 11 unspecified atom stereocenters. The standard InChI is InChI=1S/C22H32O6.C15H24O5/c23-21(15-5-7-17-19(9-15)27-17)25-11-13-1-2-14(4-3-13)12-26-22(24)16-6-8-18-20(10-16)28-18;1-10-6-12(4-5-17-10)9-19-15(16)18-8-11-2-3-13-14(7-11)20-13/h13-20H,1-12H2;10-14H,2-9H2,1H3. The van der Waals surface area contributed by atoms with E-state index in [9.17, 15) is 14.4 Å². The summed E-state index contributed by atoms with van der Waals surface area (Å²) < 4.78 is 43.6. The van der Waals surface area contributed by atoms with Crippen molar-refractivity contribution in [3.8, 4) is 0 Å². The number of esters is 2. The number of rotatable bonds is 10. The Hall–Kier alpha value is -1.95. The van der Waals surface area contributed by atoms with Crippen molar-refractivity contribution in [2.45, 2.75) is 146 Å². The van der Waals surface area contributed by atoms with Crippen molar-refractivity contribution >= 4 is 18.1 Å². The minimum atomic E-state index is -0.525. The van der Waals surface area contributed by atoms with Gasteiger partial charge in [0, 0.05) is 6.61 Å². The van der Waals surface area contributed by atoms with E-state index < -0.39 is 6.16 Å². The molecule has 48 heavy (non-hydrogen) atoms. The summed E-state index contributed by atoms with van der Waals surface area (Å²) in [4.78, 5) is 36.2.